The first-order valence-corrected chi connectivity index (χ1v) is 6.85. The Kier molecular flexibility index (Phi) is 3.85. The van der Waals surface area contributed by atoms with Gasteiger partial charge in [0, 0.05) is 16.8 Å². The number of hydrogen-bond donors (Lipinski definition) is 1. The number of nitrogens with zero attached hydrogens (tertiary/aromatic N) is 2. The zero-order valence-electron chi connectivity index (χ0n) is 11.3. The maximum atomic E-state index is 12.3. The minimum Gasteiger partial charge on any atom is -0.397 e. The molecule has 0 fully saturated rings. The Bertz CT molecular complexity index is 577. The summed E-state index contributed by atoms with van der Waals surface area (Å²) in [5, 5.41) is 0. The number of aryl methyl sites for hydroxylation is 1. The molecule has 19 heavy (non-hydrogen) atoms. The van der Waals surface area contributed by atoms with Gasteiger partial charge in [-0.15, -0.1) is 11.3 Å². The summed E-state index contributed by atoms with van der Waals surface area (Å²) in [6, 6.07) is 7.50. The Morgan fingerprint density at radius 2 is 2.11 bits per heavy atom. The van der Waals surface area contributed by atoms with Gasteiger partial charge in [0.15, 0.2) is 0 Å². The molecule has 2 aromatic rings. The standard InChI is InChI=1S/C14H17N3OS/c1-9-4-7-13(19-9)10(2)17(3)14(18)12-6-5-11(15)8-16-12/h4-8,10H,15H2,1-3H3. The van der Waals surface area contributed by atoms with E-state index in [4.69, 9.17) is 5.73 Å². The first kappa shape index (κ1) is 13.5. The lowest BCUT2D eigenvalue weighted by atomic mass is 10.2. The lowest BCUT2D eigenvalue weighted by Crippen LogP contribution is -2.29. The predicted molar refractivity (Wildman–Crippen MR) is 78.2 cm³/mol. The zero-order valence-corrected chi connectivity index (χ0v) is 12.1. The molecule has 2 heterocycles. The van der Waals surface area contributed by atoms with Crippen molar-refractivity contribution in [2.24, 2.45) is 0 Å². The number of pyridine rings is 1. The molecule has 0 spiro atoms. The summed E-state index contributed by atoms with van der Waals surface area (Å²) >= 11 is 1.70. The number of nitrogens with two attached hydrogens (primary N) is 1. The molecular weight excluding hydrogens is 258 g/mol. The third-order valence-electron chi connectivity index (χ3n) is 3.08. The van der Waals surface area contributed by atoms with Crippen LogP contribution in [-0.4, -0.2) is 22.8 Å². The lowest BCUT2D eigenvalue weighted by Gasteiger charge is -2.23. The van der Waals surface area contributed by atoms with Gasteiger partial charge in [0.05, 0.1) is 17.9 Å². The van der Waals surface area contributed by atoms with Crippen molar-refractivity contribution in [1.82, 2.24) is 9.88 Å². The Labute approximate surface area is 116 Å². The first-order chi connectivity index (χ1) is 8.99. The second kappa shape index (κ2) is 5.40. The predicted octanol–water partition coefficient (Wildman–Crippen LogP) is 2.87. The molecule has 0 aliphatic carbocycles. The zero-order chi connectivity index (χ0) is 14.0. The van der Waals surface area contributed by atoms with E-state index in [1.807, 2.05) is 6.92 Å². The highest BCUT2D eigenvalue weighted by molar-refractivity contribution is 7.12. The quantitative estimate of drug-likeness (QED) is 0.937. The molecule has 0 aromatic carbocycles. The summed E-state index contributed by atoms with van der Waals surface area (Å²) in [4.78, 5) is 20.5. The number of anilines is 1. The SMILES string of the molecule is Cc1ccc(C(C)N(C)C(=O)c2ccc(N)cn2)s1. The monoisotopic (exact) mass is 275 g/mol. The summed E-state index contributed by atoms with van der Waals surface area (Å²) in [6.07, 6.45) is 1.50. The van der Waals surface area contributed by atoms with Crippen LogP contribution < -0.4 is 5.73 Å². The van der Waals surface area contributed by atoms with Gasteiger partial charge in [0.2, 0.25) is 0 Å². The van der Waals surface area contributed by atoms with Crippen LogP contribution >= 0.6 is 11.3 Å². The smallest absolute Gasteiger partial charge is 0.272 e. The molecule has 4 nitrogen and oxygen atoms in total. The van der Waals surface area contributed by atoms with Gasteiger partial charge in [-0.25, -0.2) is 4.98 Å². The van der Waals surface area contributed by atoms with Crippen molar-refractivity contribution >= 4 is 22.9 Å². The minimum absolute atomic E-state index is 0.0329. The summed E-state index contributed by atoms with van der Waals surface area (Å²) in [6.45, 7) is 4.07. The molecule has 2 rings (SSSR count). The van der Waals surface area contributed by atoms with Crippen molar-refractivity contribution in [2.75, 3.05) is 12.8 Å². The van der Waals surface area contributed by atoms with Gasteiger partial charge in [-0.3, -0.25) is 4.79 Å². The number of carbonyl (C=O) groups is 1. The molecule has 0 aliphatic rings. The fourth-order valence-corrected chi connectivity index (χ4v) is 2.73. The highest BCUT2D eigenvalue weighted by Crippen LogP contribution is 2.27. The van der Waals surface area contributed by atoms with E-state index in [-0.39, 0.29) is 11.9 Å². The number of aromatic nitrogens is 1. The Morgan fingerprint density at radius 1 is 1.37 bits per heavy atom. The molecule has 100 valence electrons. The van der Waals surface area contributed by atoms with Crippen molar-refractivity contribution in [2.45, 2.75) is 19.9 Å². The second-order valence-corrected chi connectivity index (χ2v) is 5.84. The Morgan fingerprint density at radius 3 is 2.63 bits per heavy atom. The average Bonchev–Trinajstić information content (AvgIpc) is 2.84. The summed E-state index contributed by atoms with van der Waals surface area (Å²) in [5.74, 6) is -0.0986. The maximum Gasteiger partial charge on any atom is 0.272 e. The van der Waals surface area contributed by atoms with Gasteiger partial charge < -0.3 is 10.6 Å². The molecule has 1 amide bonds. The van der Waals surface area contributed by atoms with Gasteiger partial charge in [0.25, 0.3) is 5.91 Å². The highest BCUT2D eigenvalue weighted by Gasteiger charge is 2.20. The number of hydrogen-bond acceptors (Lipinski definition) is 4. The number of carbonyl (C=O) groups excluding carboxylic acids is 1. The first-order valence-electron chi connectivity index (χ1n) is 6.04. The molecule has 5 heteroatoms. The number of thiophene rings is 1. The van der Waals surface area contributed by atoms with E-state index in [2.05, 4.69) is 24.0 Å². The molecular formula is C14H17N3OS. The van der Waals surface area contributed by atoms with Gasteiger partial charge >= 0.3 is 0 Å². The van der Waals surface area contributed by atoms with E-state index >= 15 is 0 Å². The van der Waals surface area contributed by atoms with E-state index in [1.54, 1.807) is 35.4 Å². The largest absolute Gasteiger partial charge is 0.397 e. The molecule has 0 bridgehead atoms. The van der Waals surface area contributed by atoms with Crippen molar-refractivity contribution in [1.29, 1.82) is 0 Å². The Balaban J connectivity index is 2.17. The van der Waals surface area contributed by atoms with Gasteiger partial charge in [-0.2, -0.15) is 0 Å². The van der Waals surface area contributed by atoms with Crippen molar-refractivity contribution in [3.63, 3.8) is 0 Å². The van der Waals surface area contributed by atoms with E-state index < -0.39 is 0 Å². The molecule has 0 saturated heterocycles. The number of amides is 1. The van der Waals surface area contributed by atoms with Crippen LogP contribution in [0.3, 0.4) is 0 Å². The molecule has 0 aliphatic heterocycles. The minimum atomic E-state index is -0.0986. The second-order valence-electron chi connectivity index (χ2n) is 4.52. The molecule has 0 saturated carbocycles. The topological polar surface area (TPSA) is 59.2 Å². The maximum absolute atomic E-state index is 12.3. The van der Waals surface area contributed by atoms with Crippen LogP contribution in [0.15, 0.2) is 30.5 Å². The fraction of sp³-hybridized carbons (Fsp3) is 0.286. The summed E-state index contributed by atoms with van der Waals surface area (Å²) in [5.41, 5.74) is 6.54. The molecule has 1 unspecified atom stereocenters. The van der Waals surface area contributed by atoms with E-state index in [0.717, 1.165) is 0 Å². The normalized spacial score (nSPS) is 12.2. The van der Waals surface area contributed by atoms with Crippen LogP contribution in [0.1, 0.15) is 33.2 Å². The van der Waals surface area contributed by atoms with E-state index in [0.29, 0.717) is 11.4 Å². The molecule has 2 aromatic heterocycles. The van der Waals surface area contributed by atoms with Gasteiger partial charge in [-0.05, 0) is 38.1 Å². The van der Waals surface area contributed by atoms with Crippen LogP contribution in [0.2, 0.25) is 0 Å². The molecule has 1 atom stereocenters. The molecule has 0 radical (unpaired) electrons. The third-order valence-corrected chi connectivity index (χ3v) is 4.25. The average molecular weight is 275 g/mol. The van der Waals surface area contributed by atoms with Crippen molar-refractivity contribution in [3.05, 3.63) is 45.9 Å². The van der Waals surface area contributed by atoms with Crippen molar-refractivity contribution in [3.8, 4) is 0 Å². The third kappa shape index (κ3) is 2.93. The summed E-state index contributed by atoms with van der Waals surface area (Å²) < 4.78 is 0. The van der Waals surface area contributed by atoms with Crippen LogP contribution in [0, 0.1) is 6.92 Å². The van der Waals surface area contributed by atoms with Crippen LogP contribution in [0.5, 0.6) is 0 Å². The van der Waals surface area contributed by atoms with Crippen molar-refractivity contribution < 1.29 is 4.79 Å². The van der Waals surface area contributed by atoms with Crippen LogP contribution in [0.4, 0.5) is 5.69 Å². The molecule has 2 N–H and O–H groups in total. The van der Waals surface area contributed by atoms with E-state index in [1.165, 1.54) is 16.0 Å². The van der Waals surface area contributed by atoms with Gasteiger partial charge in [0.1, 0.15) is 5.69 Å². The number of nitrogen functional groups attached to an aromatic ring is 1. The summed E-state index contributed by atoms with van der Waals surface area (Å²) in [7, 11) is 1.79. The van der Waals surface area contributed by atoms with Gasteiger partial charge in [-0.1, -0.05) is 0 Å². The van der Waals surface area contributed by atoms with E-state index in [9.17, 15) is 4.79 Å². The fourth-order valence-electron chi connectivity index (χ4n) is 1.76. The van der Waals surface area contributed by atoms with Crippen LogP contribution in [-0.2, 0) is 0 Å². The van der Waals surface area contributed by atoms with Crippen LogP contribution in [0.25, 0.3) is 0 Å². The number of rotatable bonds is 3. The Hall–Kier alpha value is -1.88. The highest BCUT2D eigenvalue weighted by atomic mass is 32.1. The lowest BCUT2D eigenvalue weighted by molar-refractivity contribution is 0.0739.